The molecule has 0 unspecified atom stereocenters. The monoisotopic (exact) mass is 441 g/mol. The third kappa shape index (κ3) is 4.64. The second-order valence-corrected chi connectivity index (χ2v) is 8.90. The molecule has 0 bridgehead atoms. The van der Waals surface area contributed by atoms with Crippen LogP contribution in [0.1, 0.15) is 36.0 Å². The largest absolute Gasteiger partial charge is 0.321 e. The number of hydrogen-bond acceptors (Lipinski definition) is 5. The molecule has 0 aliphatic carbocycles. The Morgan fingerprint density at radius 1 is 1.09 bits per heavy atom. The first-order valence-electron chi connectivity index (χ1n) is 11.4. The summed E-state index contributed by atoms with van der Waals surface area (Å²) in [7, 11) is 2.15. The number of nitrogens with zero attached hydrogens (tertiary/aromatic N) is 4. The molecule has 0 saturated carbocycles. The molecule has 1 N–H and O–H groups in total. The van der Waals surface area contributed by atoms with E-state index in [-0.39, 0.29) is 11.3 Å². The van der Waals surface area contributed by atoms with Crippen molar-refractivity contribution in [2.75, 3.05) is 20.1 Å². The van der Waals surface area contributed by atoms with E-state index in [0.29, 0.717) is 23.6 Å². The SMILES string of the molecule is CN1CCC(CCC(=O)c2ccc(-n3cc(-c4cc5ccccc5[nH]c4=O)nn3)cc2)CC1. The third-order valence-electron chi connectivity index (χ3n) is 6.59. The zero-order valence-corrected chi connectivity index (χ0v) is 18.7. The number of Topliss-reactive ketones (excluding diaryl/α,β-unsaturated/α-hetero) is 1. The molecule has 0 spiro atoms. The number of aromatic nitrogens is 4. The van der Waals surface area contributed by atoms with Crippen LogP contribution in [-0.2, 0) is 0 Å². The van der Waals surface area contributed by atoms with Crippen molar-refractivity contribution in [1.29, 1.82) is 0 Å². The van der Waals surface area contributed by atoms with Gasteiger partial charge < -0.3 is 9.88 Å². The van der Waals surface area contributed by atoms with E-state index in [1.165, 1.54) is 12.8 Å². The quantitative estimate of drug-likeness (QED) is 0.456. The zero-order valence-electron chi connectivity index (χ0n) is 18.7. The van der Waals surface area contributed by atoms with Gasteiger partial charge in [0, 0.05) is 17.5 Å². The van der Waals surface area contributed by atoms with E-state index < -0.39 is 0 Å². The molecule has 33 heavy (non-hydrogen) atoms. The van der Waals surface area contributed by atoms with Crippen LogP contribution in [0.15, 0.2) is 65.6 Å². The van der Waals surface area contributed by atoms with Crippen LogP contribution in [0.3, 0.4) is 0 Å². The molecule has 168 valence electrons. The molecule has 0 atom stereocenters. The summed E-state index contributed by atoms with van der Waals surface area (Å²) in [6, 6.07) is 16.9. The summed E-state index contributed by atoms with van der Waals surface area (Å²) >= 11 is 0. The van der Waals surface area contributed by atoms with Gasteiger partial charge in [-0.25, -0.2) is 4.68 Å². The number of rotatable bonds is 6. The van der Waals surface area contributed by atoms with Crippen LogP contribution in [0.5, 0.6) is 0 Å². The van der Waals surface area contributed by atoms with E-state index in [2.05, 4.69) is 27.2 Å². The number of benzene rings is 2. The van der Waals surface area contributed by atoms with Gasteiger partial charge in [0.1, 0.15) is 5.69 Å². The van der Waals surface area contributed by atoms with Gasteiger partial charge in [0.25, 0.3) is 5.56 Å². The minimum atomic E-state index is -0.202. The summed E-state index contributed by atoms with van der Waals surface area (Å²) in [6.45, 7) is 2.25. The predicted molar refractivity (Wildman–Crippen MR) is 129 cm³/mol. The molecule has 0 radical (unpaired) electrons. The average Bonchev–Trinajstić information content (AvgIpc) is 3.33. The molecular formula is C26H27N5O2. The third-order valence-corrected chi connectivity index (χ3v) is 6.59. The number of nitrogens with one attached hydrogen (secondary N) is 1. The number of carbonyl (C=O) groups excluding carboxylic acids is 1. The van der Waals surface area contributed by atoms with E-state index in [1.54, 1.807) is 10.9 Å². The van der Waals surface area contributed by atoms with E-state index in [1.807, 2.05) is 54.6 Å². The van der Waals surface area contributed by atoms with Gasteiger partial charge in [-0.3, -0.25) is 9.59 Å². The lowest BCUT2D eigenvalue weighted by Gasteiger charge is -2.28. The Bertz CT molecular complexity index is 1330. The summed E-state index contributed by atoms with van der Waals surface area (Å²) in [5, 5.41) is 9.32. The number of para-hydroxylation sites is 1. The standard InChI is InChI=1S/C26H27N5O2/c1-30-14-12-18(13-15-30)6-11-25(32)19-7-9-21(10-8-19)31-17-24(28-29-31)22-16-20-4-2-3-5-23(20)27-26(22)33/h2-5,7-10,16-18H,6,11-15H2,1H3,(H,27,33). The van der Waals surface area contributed by atoms with E-state index in [9.17, 15) is 9.59 Å². The van der Waals surface area contributed by atoms with Gasteiger partial charge in [0.2, 0.25) is 0 Å². The van der Waals surface area contributed by atoms with Gasteiger partial charge in [-0.1, -0.05) is 23.4 Å². The minimum absolute atomic E-state index is 0.183. The van der Waals surface area contributed by atoms with Crippen molar-refractivity contribution in [3.05, 3.63) is 76.7 Å². The van der Waals surface area contributed by atoms with E-state index in [0.717, 1.165) is 41.7 Å². The maximum absolute atomic E-state index is 12.6. The van der Waals surface area contributed by atoms with Crippen LogP contribution in [0.4, 0.5) is 0 Å². The number of aromatic amines is 1. The van der Waals surface area contributed by atoms with Crippen molar-refractivity contribution in [1.82, 2.24) is 24.9 Å². The Balaban J connectivity index is 1.28. The highest BCUT2D eigenvalue weighted by Gasteiger charge is 2.18. The first-order chi connectivity index (χ1) is 16.1. The lowest BCUT2D eigenvalue weighted by atomic mass is 9.90. The number of piperidine rings is 1. The van der Waals surface area contributed by atoms with Crippen LogP contribution in [0.25, 0.3) is 27.8 Å². The fraction of sp³-hybridized carbons (Fsp3) is 0.308. The maximum Gasteiger partial charge on any atom is 0.258 e. The number of fused-ring (bicyclic) bond motifs is 1. The van der Waals surface area contributed by atoms with Gasteiger partial charge in [-0.15, -0.1) is 5.10 Å². The lowest BCUT2D eigenvalue weighted by molar-refractivity contribution is 0.0965. The first-order valence-corrected chi connectivity index (χ1v) is 11.4. The van der Waals surface area contributed by atoms with Crippen molar-refractivity contribution >= 4 is 16.7 Å². The summed E-state index contributed by atoms with van der Waals surface area (Å²) in [5.41, 5.74) is 3.07. The molecule has 2 aromatic heterocycles. The van der Waals surface area contributed by atoms with Crippen molar-refractivity contribution in [2.45, 2.75) is 25.7 Å². The molecular weight excluding hydrogens is 414 g/mol. The van der Waals surface area contributed by atoms with Crippen LogP contribution in [0.2, 0.25) is 0 Å². The second kappa shape index (κ2) is 9.11. The summed E-state index contributed by atoms with van der Waals surface area (Å²) in [4.78, 5) is 30.4. The van der Waals surface area contributed by atoms with Crippen LogP contribution in [0, 0.1) is 5.92 Å². The van der Waals surface area contributed by atoms with Gasteiger partial charge in [0.05, 0.1) is 17.4 Å². The van der Waals surface area contributed by atoms with Gasteiger partial charge in [0.15, 0.2) is 5.78 Å². The summed E-state index contributed by atoms with van der Waals surface area (Å²) < 4.78 is 1.62. The predicted octanol–water partition coefficient (Wildman–Crippen LogP) is 4.08. The van der Waals surface area contributed by atoms with Gasteiger partial charge in [-0.05, 0) is 87.1 Å². The Kier molecular flexibility index (Phi) is 5.88. The van der Waals surface area contributed by atoms with Crippen molar-refractivity contribution < 1.29 is 4.79 Å². The van der Waals surface area contributed by atoms with Crippen molar-refractivity contribution in [2.24, 2.45) is 5.92 Å². The fourth-order valence-corrected chi connectivity index (χ4v) is 4.48. The zero-order chi connectivity index (χ0) is 22.8. The number of H-pyrrole nitrogens is 1. The minimum Gasteiger partial charge on any atom is -0.321 e. The highest BCUT2D eigenvalue weighted by Crippen LogP contribution is 2.23. The maximum atomic E-state index is 12.6. The number of hydrogen-bond donors (Lipinski definition) is 1. The lowest BCUT2D eigenvalue weighted by Crippen LogP contribution is -2.30. The Labute approximate surface area is 192 Å². The average molecular weight is 442 g/mol. The van der Waals surface area contributed by atoms with Crippen molar-refractivity contribution in [3.8, 4) is 16.9 Å². The molecule has 1 aliphatic rings. The molecule has 1 fully saturated rings. The molecule has 5 rings (SSSR count). The Morgan fingerprint density at radius 3 is 2.64 bits per heavy atom. The van der Waals surface area contributed by atoms with Gasteiger partial charge >= 0.3 is 0 Å². The summed E-state index contributed by atoms with van der Waals surface area (Å²) in [6.07, 6.45) is 5.64. The summed E-state index contributed by atoms with van der Waals surface area (Å²) in [5.74, 6) is 0.832. The highest BCUT2D eigenvalue weighted by molar-refractivity contribution is 5.96. The number of carbonyl (C=O) groups is 1. The number of pyridine rings is 1. The Morgan fingerprint density at radius 2 is 1.85 bits per heavy atom. The smallest absolute Gasteiger partial charge is 0.258 e. The second-order valence-electron chi connectivity index (χ2n) is 8.90. The number of likely N-dealkylation sites (tertiary alicyclic amines) is 1. The first kappa shape index (κ1) is 21.3. The van der Waals surface area contributed by atoms with Crippen molar-refractivity contribution in [3.63, 3.8) is 0 Å². The Hall–Kier alpha value is -3.58. The molecule has 7 heteroatoms. The molecule has 7 nitrogen and oxygen atoms in total. The van der Waals surface area contributed by atoms with Gasteiger partial charge in [-0.2, -0.15) is 0 Å². The van der Waals surface area contributed by atoms with Crippen LogP contribution in [-0.4, -0.2) is 50.8 Å². The normalized spacial score (nSPS) is 15.2. The molecule has 1 saturated heterocycles. The molecule has 0 amide bonds. The molecule has 3 heterocycles. The molecule has 1 aliphatic heterocycles. The van der Waals surface area contributed by atoms with Crippen LogP contribution < -0.4 is 5.56 Å². The fourth-order valence-electron chi connectivity index (χ4n) is 4.48. The molecule has 4 aromatic rings. The topological polar surface area (TPSA) is 83.9 Å². The number of ketones is 1. The van der Waals surface area contributed by atoms with E-state index in [4.69, 9.17) is 0 Å². The highest BCUT2D eigenvalue weighted by atomic mass is 16.1. The van der Waals surface area contributed by atoms with Crippen LogP contribution >= 0.6 is 0 Å². The van der Waals surface area contributed by atoms with E-state index >= 15 is 0 Å². The molecule has 2 aromatic carbocycles.